The van der Waals surface area contributed by atoms with Crippen molar-refractivity contribution < 1.29 is 33.8 Å². The fraction of sp³-hybridized carbons (Fsp3) is 1.00. The van der Waals surface area contributed by atoms with Crippen LogP contribution in [0.4, 0.5) is 0 Å². The maximum absolute atomic E-state index is 10.6. The standard InChI is InChI=1S/C16H35O3PS.Zn/c1-2-3-4-5-6-7-8-9-10-11-12-13-14-15-16-19-20(17,18)21;/h2-16H2,1H3,(H2,17,18,21);/q;+2/p-2. The second-order valence-corrected chi connectivity index (χ2v) is 8.37. The second-order valence-electron chi connectivity index (χ2n) is 5.88. The maximum Gasteiger partial charge on any atom is 2.00 e. The molecule has 22 heavy (non-hydrogen) atoms. The van der Waals surface area contributed by atoms with Crippen LogP contribution < -0.4 is 9.79 Å². The van der Waals surface area contributed by atoms with Gasteiger partial charge in [-0.3, -0.25) is 0 Å². The molecule has 0 bridgehead atoms. The van der Waals surface area contributed by atoms with E-state index in [0.29, 0.717) is 0 Å². The van der Waals surface area contributed by atoms with E-state index in [2.05, 4.69) is 23.3 Å². The molecule has 0 aromatic carbocycles. The predicted molar refractivity (Wildman–Crippen MR) is 90.5 cm³/mol. The quantitative estimate of drug-likeness (QED) is 0.218. The summed E-state index contributed by atoms with van der Waals surface area (Å²) in [5.74, 6) is 0. The van der Waals surface area contributed by atoms with E-state index in [1.807, 2.05) is 0 Å². The molecule has 0 radical (unpaired) electrons. The van der Waals surface area contributed by atoms with Gasteiger partial charge in [0.05, 0.1) is 0 Å². The SMILES string of the molecule is CCCCCCCCCCCCCCCCOP([O-])([O-])=S.[Zn+2]. The summed E-state index contributed by atoms with van der Waals surface area (Å²) in [5.41, 5.74) is 0. The Labute approximate surface area is 155 Å². The number of hydrogen-bond donors (Lipinski definition) is 0. The Morgan fingerprint density at radius 2 is 1.00 bits per heavy atom. The predicted octanol–water partition coefficient (Wildman–Crippen LogP) is 4.43. The molecule has 0 aliphatic carbocycles. The zero-order chi connectivity index (χ0) is 15.8. The van der Waals surface area contributed by atoms with E-state index in [1.165, 1.54) is 77.0 Å². The number of hydrogen-bond acceptors (Lipinski definition) is 4. The van der Waals surface area contributed by atoms with Gasteiger partial charge in [0.25, 0.3) is 0 Å². The van der Waals surface area contributed by atoms with Gasteiger partial charge < -0.3 is 14.3 Å². The Morgan fingerprint density at radius 3 is 1.32 bits per heavy atom. The average Bonchev–Trinajstić information content (AvgIpc) is 2.42. The molecule has 0 aliphatic rings. The van der Waals surface area contributed by atoms with Crippen molar-refractivity contribution in [2.24, 2.45) is 0 Å². The van der Waals surface area contributed by atoms with Crippen LogP contribution >= 0.6 is 6.72 Å². The third-order valence-electron chi connectivity index (χ3n) is 3.75. The van der Waals surface area contributed by atoms with Gasteiger partial charge in [0.1, 0.15) is 0 Å². The van der Waals surface area contributed by atoms with E-state index in [9.17, 15) is 9.79 Å². The zero-order valence-corrected chi connectivity index (χ0v) is 19.1. The average molecular weight is 402 g/mol. The molecule has 0 heterocycles. The van der Waals surface area contributed by atoms with E-state index in [4.69, 9.17) is 0 Å². The smallest absolute Gasteiger partial charge is 0.812 e. The van der Waals surface area contributed by atoms with E-state index in [1.54, 1.807) is 0 Å². The molecule has 6 heteroatoms. The summed E-state index contributed by atoms with van der Waals surface area (Å²) in [6, 6.07) is 0. The van der Waals surface area contributed by atoms with Crippen LogP contribution in [0.25, 0.3) is 0 Å². The van der Waals surface area contributed by atoms with Gasteiger partial charge in [0.2, 0.25) is 0 Å². The van der Waals surface area contributed by atoms with Crippen molar-refractivity contribution >= 4 is 18.5 Å². The summed E-state index contributed by atoms with van der Waals surface area (Å²) >= 11 is 4.16. The fourth-order valence-corrected chi connectivity index (χ4v) is 3.05. The van der Waals surface area contributed by atoms with Gasteiger partial charge >= 0.3 is 19.5 Å². The van der Waals surface area contributed by atoms with E-state index in [0.717, 1.165) is 12.8 Å². The Balaban J connectivity index is 0. The van der Waals surface area contributed by atoms with Crippen LogP contribution in [-0.2, 0) is 35.8 Å². The van der Waals surface area contributed by atoms with Crippen LogP contribution in [0.3, 0.4) is 0 Å². The van der Waals surface area contributed by atoms with Gasteiger partial charge in [-0.05, 0) is 6.42 Å². The molecular formula is C16H33O3PSZn. The summed E-state index contributed by atoms with van der Waals surface area (Å²) in [6.07, 6.45) is 18.0. The minimum atomic E-state index is -3.92. The van der Waals surface area contributed by atoms with Crippen LogP contribution in [0.2, 0.25) is 0 Å². The van der Waals surface area contributed by atoms with Crippen molar-refractivity contribution in [3.63, 3.8) is 0 Å². The van der Waals surface area contributed by atoms with Crippen LogP contribution in [-0.4, -0.2) is 6.61 Å². The van der Waals surface area contributed by atoms with Crippen LogP contribution in [0.5, 0.6) is 0 Å². The molecule has 0 N–H and O–H groups in total. The summed E-state index contributed by atoms with van der Waals surface area (Å²) in [7, 11) is 0. The third kappa shape index (κ3) is 23.4. The van der Waals surface area contributed by atoms with E-state index < -0.39 is 6.72 Å². The molecule has 0 saturated carbocycles. The Hall–Kier alpha value is 1.15. The minimum Gasteiger partial charge on any atom is -0.812 e. The van der Waals surface area contributed by atoms with Gasteiger partial charge in [0, 0.05) is 6.61 Å². The molecule has 0 aliphatic heterocycles. The summed E-state index contributed by atoms with van der Waals surface area (Å²) in [4.78, 5) is 21.2. The molecule has 0 fully saturated rings. The third-order valence-corrected chi connectivity index (χ3v) is 4.56. The summed E-state index contributed by atoms with van der Waals surface area (Å²) in [6.45, 7) is -1.41. The fourth-order valence-electron chi connectivity index (χ4n) is 2.47. The van der Waals surface area contributed by atoms with Gasteiger partial charge in [-0.25, -0.2) is 0 Å². The van der Waals surface area contributed by atoms with Crippen molar-refractivity contribution in [3.8, 4) is 0 Å². The molecule has 0 aromatic heterocycles. The van der Waals surface area contributed by atoms with Crippen molar-refractivity contribution in [1.82, 2.24) is 0 Å². The molecule has 3 nitrogen and oxygen atoms in total. The first kappa shape index (κ1) is 25.4. The maximum atomic E-state index is 10.6. The van der Waals surface area contributed by atoms with Crippen LogP contribution in [0, 0.1) is 0 Å². The molecule has 0 rings (SSSR count). The molecule has 0 amide bonds. The summed E-state index contributed by atoms with van der Waals surface area (Å²) in [5, 5.41) is 0. The van der Waals surface area contributed by atoms with Gasteiger partial charge in [0.15, 0.2) is 0 Å². The van der Waals surface area contributed by atoms with E-state index >= 15 is 0 Å². The number of unbranched alkanes of at least 4 members (excludes halogenated alkanes) is 13. The van der Waals surface area contributed by atoms with Crippen molar-refractivity contribution in [1.29, 1.82) is 0 Å². The van der Waals surface area contributed by atoms with Gasteiger partial charge in [-0.2, -0.15) is 0 Å². The monoisotopic (exact) mass is 400 g/mol. The van der Waals surface area contributed by atoms with Crippen molar-refractivity contribution in [2.75, 3.05) is 6.61 Å². The van der Waals surface area contributed by atoms with Crippen molar-refractivity contribution in [2.45, 2.75) is 96.8 Å². The molecule has 0 atom stereocenters. The first-order valence-corrected chi connectivity index (χ1v) is 11.3. The largest absolute Gasteiger partial charge is 2.00 e. The van der Waals surface area contributed by atoms with Gasteiger partial charge in [-0.15, -0.1) is 11.8 Å². The van der Waals surface area contributed by atoms with Crippen molar-refractivity contribution in [3.05, 3.63) is 0 Å². The Kier molecular flexibility index (Phi) is 21.3. The molecular weight excluding hydrogens is 369 g/mol. The van der Waals surface area contributed by atoms with E-state index in [-0.39, 0.29) is 26.1 Å². The first-order valence-electron chi connectivity index (χ1n) is 8.73. The normalized spacial score (nSPS) is 11.4. The minimum absolute atomic E-state index is 0. The van der Waals surface area contributed by atoms with Crippen LogP contribution in [0.15, 0.2) is 0 Å². The van der Waals surface area contributed by atoms with Crippen LogP contribution in [0.1, 0.15) is 96.8 Å². The number of rotatable bonds is 16. The first-order chi connectivity index (χ1) is 10.1. The molecule has 0 saturated heterocycles. The molecule has 0 spiro atoms. The Morgan fingerprint density at radius 1 is 0.682 bits per heavy atom. The molecule has 0 aromatic rings. The molecule has 128 valence electrons. The molecule has 0 unspecified atom stereocenters. The topological polar surface area (TPSA) is 55.3 Å². The van der Waals surface area contributed by atoms with Gasteiger partial charge in [-0.1, -0.05) is 97.1 Å². The summed E-state index contributed by atoms with van der Waals surface area (Å²) < 4.78 is 4.55. The zero-order valence-electron chi connectivity index (χ0n) is 14.4. The Bertz CT molecular complexity index is 262. The second kappa shape index (κ2) is 18.5.